The van der Waals surface area contributed by atoms with Crippen molar-refractivity contribution in [3.05, 3.63) is 27.5 Å². The summed E-state index contributed by atoms with van der Waals surface area (Å²) in [6.07, 6.45) is 10.6. The van der Waals surface area contributed by atoms with E-state index in [1.807, 2.05) is 6.07 Å². The first-order chi connectivity index (χ1) is 14.8. The van der Waals surface area contributed by atoms with Crippen molar-refractivity contribution in [1.29, 1.82) is 0 Å². The molecule has 1 aromatic rings. The average Bonchev–Trinajstić information content (AvgIpc) is 3.36. The lowest BCUT2D eigenvalue weighted by Gasteiger charge is -2.34. The number of aliphatic hydroxyl groups excluding tert-OH is 1. The van der Waals surface area contributed by atoms with Gasteiger partial charge in [0.1, 0.15) is 4.88 Å². The Bertz CT molecular complexity index is 852. The monoisotopic (exact) mass is 445 g/mol. The molecule has 3 unspecified atom stereocenters. The molecule has 0 spiro atoms. The van der Waals surface area contributed by atoms with E-state index in [2.05, 4.69) is 19.9 Å². The SMILES string of the molecule is CC1=CCC(c2cc(N(C(=O)C3CCC(C)CC3)C3CCC(O)C3)c(C(=O)O)s2)CC1. The highest BCUT2D eigenvalue weighted by molar-refractivity contribution is 7.14. The highest BCUT2D eigenvalue weighted by atomic mass is 32.1. The van der Waals surface area contributed by atoms with Crippen LogP contribution in [0, 0.1) is 11.8 Å². The maximum Gasteiger partial charge on any atom is 0.348 e. The van der Waals surface area contributed by atoms with Crippen LogP contribution in [0.4, 0.5) is 5.69 Å². The number of carboxylic acid groups (broad SMARTS) is 1. The van der Waals surface area contributed by atoms with E-state index < -0.39 is 12.1 Å². The quantitative estimate of drug-likeness (QED) is 0.567. The second-order valence-corrected chi connectivity index (χ2v) is 11.1. The van der Waals surface area contributed by atoms with Crippen molar-refractivity contribution in [1.82, 2.24) is 0 Å². The fourth-order valence-electron chi connectivity index (χ4n) is 5.53. The minimum Gasteiger partial charge on any atom is -0.477 e. The van der Waals surface area contributed by atoms with Gasteiger partial charge in [0.15, 0.2) is 0 Å². The third-order valence-corrected chi connectivity index (χ3v) is 8.85. The largest absolute Gasteiger partial charge is 0.477 e. The van der Waals surface area contributed by atoms with Crippen LogP contribution < -0.4 is 4.90 Å². The molecular weight excluding hydrogens is 410 g/mol. The van der Waals surface area contributed by atoms with E-state index in [-0.39, 0.29) is 22.7 Å². The highest BCUT2D eigenvalue weighted by Gasteiger charge is 2.39. The van der Waals surface area contributed by atoms with E-state index in [1.54, 1.807) is 4.90 Å². The van der Waals surface area contributed by atoms with Crippen molar-refractivity contribution in [2.45, 2.75) is 96.1 Å². The van der Waals surface area contributed by atoms with Gasteiger partial charge in [0.25, 0.3) is 0 Å². The highest BCUT2D eigenvalue weighted by Crippen LogP contribution is 2.43. The Morgan fingerprint density at radius 1 is 1.10 bits per heavy atom. The number of allylic oxidation sites excluding steroid dienone is 2. The Labute approximate surface area is 189 Å². The van der Waals surface area contributed by atoms with Crippen LogP contribution >= 0.6 is 11.3 Å². The summed E-state index contributed by atoms with van der Waals surface area (Å²) in [7, 11) is 0. The van der Waals surface area contributed by atoms with Gasteiger partial charge in [0, 0.05) is 16.8 Å². The van der Waals surface area contributed by atoms with Crippen LogP contribution in [0.15, 0.2) is 17.7 Å². The zero-order valence-electron chi connectivity index (χ0n) is 18.7. The zero-order valence-corrected chi connectivity index (χ0v) is 19.5. The van der Waals surface area contributed by atoms with Crippen LogP contribution in [-0.2, 0) is 4.79 Å². The van der Waals surface area contributed by atoms with Crippen LogP contribution in [-0.4, -0.2) is 34.2 Å². The fourth-order valence-corrected chi connectivity index (χ4v) is 6.66. The molecule has 31 heavy (non-hydrogen) atoms. The van der Waals surface area contributed by atoms with Gasteiger partial charge in [-0.05, 0) is 89.0 Å². The van der Waals surface area contributed by atoms with Crippen molar-refractivity contribution >= 4 is 28.9 Å². The number of amides is 1. The average molecular weight is 446 g/mol. The number of hydrogen-bond donors (Lipinski definition) is 2. The molecule has 6 heteroatoms. The van der Waals surface area contributed by atoms with Gasteiger partial charge < -0.3 is 15.1 Å². The molecule has 0 aliphatic heterocycles. The molecule has 5 nitrogen and oxygen atoms in total. The maximum atomic E-state index is 13.7. The molecule has 0 aromatic carbocycles. The smallest absolute Gasteiger partial charge is 0.348 e. The van der Waals surface area contributed by atoms with Crippen LogP contribution in [0.1, 0.15) is 98.5 Å². The van der Waals surface area contributed by atoms with E-state index in [0.29, 0.717) is 30.4 Å². The normalized spacial score (nSPS) is 31.3. The van der Waals surface area contributed by atoms with E-state index in [0.717, 1.165) is 56.2 Å². The number of hydrogen-bond acceptors (Lipinski definition) is 4. The van der Waals surface area contributed by atoms with Crippen molar-refractivity contribution in [2.24, 2.45) is 11.8 Å². The van der Waals surface area contributed by atoms with Crippen molar-refractivity contribution < 1.29 is 19.8 Å². The molecule has 1 amide bonds. The van der Waals surface area contributed by atoms with Gasteiger partial charge in [-0.3, -0.25) is 4.79 Å². The Kier molecular flexibility index (Phi) is 6.87. The molecule has 1 aromatic heterocycles. The van der Waals surface area contributed by atoms with Gasteiger partial charge in [-0.2, -0.15) is 0 Å². The van der Waals surface area contributed by atoms with E-state index >= 15 is 0 Å². The summed E-state index contributed by atoms with van der Waals surface area (Å²) in [5.74, 6) is 0.0389. The molecule has 4 rings (SSSR count). The summed E-state index contributed by atoms with van der Waals surface area (Å²) in [4.78, 5) is 29.1. The number of rotatable bonds is 5. The van der Waals surface area contributed by atoms with Crippen molar-refractivity contribution in [3.63, 3.8) is 0 Å². The molecule has 2 fully saturated rings. The minimum absolute atomic E-state index is 0.0424. The lowest BCUT2D eigenvalue weighted by atomic mass is 9.82. The number of nitrogens with zero attached hydrogens (tertiary/aromatic N) is 1. The summed E-state index contributed by atoms with van der Waals surface area (Å²) in [5, 5.41) is 20.2. The molecule has 0 radical (unpaired) electrons. The van der Waals surface area contributed by atoms with E-state index in [4.69, 9.17) is 0 Å². The third-order valence-electron chi connectivity index (χ3n) is 7.57. The minimum atomic E-state index is -0.956. The summed E-state index contributed by atoms with van der Waals surface area (Å²) in [6.45, 7) is 4.38. The van der Waals surface area contributed by atoms with E-state index in [1.165, 1.54) is 16.9 Å². The first-order valence-corrected chi connectivity index (χ1v) is 12.7. The molecule has 2 saturated carbocycles. The van der Waals surface area contributed by atoms with Gasteiger partial charge in [-0.15, -0.1) is 11.3 Å². The second-order valence-electron chi connectivity index (χ2n) is 9.98. The summed E-state index contributed by atoms with van der Waals surface area (Å²) < 4.78 is 0. The van der Waals surface area contributed by atoms with Crippen molar-refractivity contribution in [2.75, 3.05) is 4.90 Å². The Balaban J connectivity index is 1.68. The lowest BCUT2D eigenvalue weighted by Crippen LogP contribution is -2.44. The standard InChI is InChI=1S/C25H35NO4S/c1-15-3-7-17(8-4-15)22-14-21(23(31-22)25(29)30)26(19-11-12-20(27)13-19)24(28)18-9-5-16(2)6-10-18/h3,14,16-20,27H,4-13H2,1-2H3,(H,29,30). The maximum absolute atomic E-state index is 13.7. The number of carbonyl (C=O) groups excluding carboxylic acids is 1. The predicted molar refractivity (Wildman–Crippen MR) is 124 cm³/mol. The fraction of sp³-hybridized carbons (Fsp3) is 0.680. The Morgan fingerprint density at radius 3 is 2.42 bits per heavy atom. The summed E-state index contributed by atoms with van der Waals surface area (Å²) in [6, 6.07) is 1.87. The van der Waals surface area contributed by atoms with Crippen LogP contribution in [0.2, 0.25) is 0 Å². The van der Waals surface area contributed by atoms with Crippen molar-refractivity contribution in [3.8, 4) is 0 Å². The first kappa shape index (κ1) is 22.5. The molecule has 170 valence electrons. The lowest BCUT2D eigenvalue weighted by molar-refractivity contribution is -0.124. The molecule has 0 saturated heterocycles. The topological polar surface area (TPSA) is 77.8 Å². The second kappa shape index (κ2) is 9.45. The molecule has 3 atom stereocenters. The van der Waals surface area contributed by atoms with E-state index in [9.17, 15) is 19.8 Å². The number of aromatic carboxylic acids is 1. The first-order valence-electron chi connectivity index (χ1n) is 11.9. The third kappa shape index (κ3) is 4.90. The zero-order chi connectivity index (χ0) is 22.1. The molecule has 3 aliphatic carbocycles. The molecule has 0 bridgehead atoms. The number of anilines is 1. The van der Waals surface area contributed by atoms with Gasteiger partial charge >= 0.3 is 5.97 Å². The summed E-state index contributed by atoms with van der Waals surface area (Å²) >= 11 is 1.34. The van der Waals surface area contributed by atoms with Gasteiger partial charge in [-0.25, -0.2) is 4.79 Å². The number of carbonyl (C=O) groups is 2. The predicted octanol–water partition coefficient (Wildman–Crippen LogP) is 5.73. The molecule has 1 heterocycles. The number of aliphatic hydroxyl groups is 1. The van der Waals surface area contributed by atoms with Gasteiger partial charge in [0.05, 0.1) is 11.8 Å². The van der Waals surface area contributed by atoms with Crippen LogP contribution in [0.25, 0.3) is 0 Å². The molecular formula is C25H35NO4S. The van der Waals surface area contributed by atoms with Gasteiger partial charge in [-0.1, -0.05) is 18.6 Å². The number of thiophene rings is 1. The van der Waals surface area contributed by atoms with Crippen LogP contribution in [0.5, 0.6) is 0 Å². The van der Waals surface area contributed by atoms with Gasteiger partial charge in [0.2, 0.25) is 5.91 Å². The summed E-state index contributed by atoms with van der Waals surface area (Å²) in [5.41, 5.74) is 1.97. The number of carboxylic acids is 1. The van der Waals surface area contributed by atoms with Crippen LogP contribution in [0.3, 0.4) is 0 Å². The Morgan fingerprint density at radius 2 is 1.84 bits per heavy atom. The molecule has 2 N–H and O–H groups in total. The molecule has 3 aliphatic rings. The Hall–Kier alpha value is -1.66.